The number of hydrogen-bond acceptors (Lipinski definition) is 3. The molecule has 3 aromatic carbocycles. The molecule has 1 heterocycles. The SMILES string of the molecule is [C-]#[N+]c1cc(F)c(NS(=O)(=O)c2c[nH]c3cc(OCc4ccccc4)ccc23)cc1F. The van der Waals surface area contributed by atoms with E-state index in [0.717, 1.165) is 5.56 Å². The van der Waals surface area contributed by atoms with E-state index in [1.165, 1.54) is 6.20 Å². The number of benzene rings is 3. The van der Waals surface area contributed by atoms with Crippen LogP contribution < -0.4 is 9.46 Å². The van der Waals surface area contributed by atoms with Gasteiger partial charge in [0.25, 0.3) is 10.0 Å². The topological polar surface area (TPSA) is 75.5 Å². The molecule has 0 aliphatic carbocycles. The third-order valence-electron chi connectivity index (χ3n) is 4.55. The van der Waals surface area contributed by atoms with Crippen molar-refractivity contribution in [3.05, 3.63) is 95.5 Å². The van der Waals surface area contributed by atoms with E-state index in [1.807, 2.05) is 35.1 Å². The van der Waals surface area contributed by atoms with Crippen molar-refractivity contribution in [1.82, 2.24) is 4.98 Å². The van der Waals surface area contributed by atoms with Crippen molar-refractivity contribution in [2.45, 2.75) is 11.5 Å². The predicted molar refractivity (Wildman–Crippen MR) is 113 cm³/mol. The minimum atomic E-state index is -4.23. The summed E-state index contributed by atoms with van der Waals surface area (Å²) >= 11 is 0. The van der Waals surface area contributed by atoms with Crippen LogP contribution in [0.5, 0.6) is 5.75 Å². The van der Waals surface area contributed by atoms with Crippen LogP contribution in [-0.4, -0.2) is 13.4 Å². The van der Waals surface area contributed by atoms with E-state index in [9.17, 15) is 17.2 Å². The molecule has 6 nitrogen and oxygen atoms in total. The first-order valence-electron chi connectivity index (χ1n) is 9.04. The van der Waals surface area contributed by atoms with Crippen LogP contribution in [0.2, 0.25) is 0 Å². The molecule has 0 saturated heterocycles. The smallest absolute Gasteiger partial charge is 0.264 e. The summed E-state index contributed by atoms with van der Waals surface area (Å²) in [7, 11) is -4.23. The summed E-state index contributed by atoms with van der Waals surface area (Å²) in [5, 5.41) is 0.359. The molecule has 4 aromatic rings. The summed E-state index contributed by atoms with van der Waals surface area (Å²) in [6.45, 7) is 7.15. The number of aromatic amines is 1. The molecule has 0 bridgehead atoms. The Kier molecular flexibility index (Phi) is 5.31. The molecule has 0 saturated carbocycles. The first-order chi connectivity index (χ1) is 14.9. The second kappa shape index (κ2) is 8.08. The van der Waals surface area contributed by atoms with Crippen molar-refractivity contribution in [2.75, 3.05) is 4.72 Å². The lowest BCUT2D eigenvalue weighted by Crippen LogP contribution is -2.13. The molecule has 0 radical (unpaired) electrons. The number of ether oxygens (including phenoxy) is 1. The standard InChI is InChI=1S/C22H15F2N3O3S/c1-25-20-10-18(24)21(11-17(20)23)27-31(28,29)22-12-26-19-9-15(7-8-16(19)22)30-13-14-5-3-2-4-6-14/h2-12,26-27H,13H2. The van der Waals surface area contributed by atoms with Crippen LogP contribution in [0.15, 0.2) is 71.8 Å². The summed E-state index contributed by atoms with van der Waals surface area (Å²) in [4.78, 5) is 5.57. The zero-order valence-corrected chi connectivity index (χ0v) is 16.7. The van der Waals surface area contributed by atoms with Gasteiger partial charge in [0.15, 0.2) is 0 Å². The number of H-pyrrole nitrogens is 1. The molecule has 1 aromatic heterocycles. The van der Waals surface area contributed by atoms with Crippen LogP contribution in [0.4, 0.5) is 20.2 Å². The van der Waals surface area contributed by atoms with E-state index in [4.69, 9.17) is 11.3 Å². The second-order valence-electron chi connectivity index (χ2n) is 6.64. The van der Waals surface area contributed by atoms with Crippen molar-refractivity contribution < 1.29 is 21.9 Å². The minimum absolute atomic E-state index is 0.133. The van der Waals surface area contributed by atoms with Gasteiger partial charge in [0.2, 0.25) is 5.69 Å². The number of halogens is 2. The Labute approximate surface area is 177 Å². The van der Waals surface area contributed by atoms with Gasteiger partial charge in [-0.15, -0.1) is 0 Å². The molecule has 0 amide bonds. The fraction of sp³-hybridized carbons (Fsp3) is 0.0455. The van der Waals surface area contributed by atoms with Gasteiger partial charge in [-0.1, -0.05) is 30.3 Å². The third kappa shape index (κ3) is 4.20. The van der Waals surface area contributed by atoms with Gasteiger partial charge in [-0.3, -0.25) is 4.72 Å². The summed E-state index contributed by atoms with van der Waals surface area (Å²) in [6, 6.07) is 15.7. The van der Waals surface area contributed by atoms with Crippen molar-refractivity contribution in [2.24, 2.45) is 0 Å². The van der Waals surface area contributed by atoms with Crippen molar-refractivity contribution in [3.63, 3.8) is 0 Å². The minimum Gasteiger partial charge on any atom is -0.489 e. The van der Waals surface area contributed by atoms with Crippen LogP contribution in [-0.2, 0) is 16.6 Å². The molecular weight excluding hydrogens is 424 g/mol. The maximum atomic E-state index is 14.1. The lowest BCUT2D eigenvalue weighted by atomic mass is 10.2. The number of nitrogens with one attached hydrogen (secondary N) is 2. The summed E-state index contributed by atoms with van der Waals surface area (Å²) in [5.41, 5.74) is 0.374. The highest BCUT2D eigenvalue weighted by Gasteiger charge is 2.22. The first kappa shape index (κ1) is 20.4. The fourth-order valence-electron chi connectivity index (χ4n) is 3.03. The number of hydrogen-bond donors (Lipinski definition) is 2. The molecule has 4 rings (SSSR count). The van der Waals surface area contributed by atoms with Gasteiger partial charge >= 0.3 is 0 Å². The van der Waals surface area contributed by atoms with Crippen molar-refractivity contribution in [1.29, 1.82) is 0 Å². The quantitative estimate of drug-likeness (QED) is 0.396. The monoisotopic (exact) mass is 439 g/mol. The maximum Gasteiger partial charge on any atom is 0.264 e. The van der Waals surface area contributed by atoms with Crippen LogP contribution in [0.1, 0.15) is 5.56 Å². The molecule has 0 aliphatic heterocycles. The second-order valence-corrected chi connectivity index (χ2v) is 8.29. The van der Waals surface area contributed by atoms with Gasteiger partial charge in [-0.25, -0.2) is 22.0 Å². The summed E-state index contributed by atoms with van der Waals surface area (Å²) < 4.78 is 61.3. The number of aromatic nitrogens is 1. The Morgan fingerprint density at radius 3 is 2.55 bits per heavy atom. The molecule has 0 aliphatic rings. The molecule has 0 spiro atoms. The molecule has 9 heteroatoms. The van der Waals surface area contributed by atoms with E-state index < -0.39 is 33.0 Å². The van der Waals surface area contributed by atoms with Gasteiger partial charge in [0, 0.05) is 17.6 Å². The van der Waals surface area contributed by atoms with Gasteiger partial charge in [0.1, 0.15) is 28.9 Å². The summed E-state index contributed by atoms with van der Waals surface area (Å²) in [5.74, 6) is -1.53. The lowest BCUT2D eigenvalue weighted by Gasteiger charge is -2.10. The first-order valence-corrected chi connectivity index (χ1v) is 10.5. The normalized spacial score (nSPS) is 11.3. The summed E-state index contributed by atoms with van der Waals surface area (Å²) in [6.07, 6.45) is 1.26. The number of nitrogens with zero attached hydrogens (tertiary/aromatic N) is 1. The van der Waals surface area contributed by atoms with Gasteiger partial charge in [0.05, 0.1) is 17.8 Å². The van der Waals surface area contributed by atoms with Crippen molar-refractivity contribution in [3.8, 4) is 5.75 Å². The van der Waals surface area contributed by atoms with Crippen LogP contribution >= 0.6 is 0 Å². The van der Waals surface area contributed by atoms with Crippen LogP contribution in [0.3, 0.4) is 0 Å². The predicted octanol–water partition coefficient (Wildman–Crippen LogP) is 5.38. The van der Waals surface area contributed by atoms with Gasteiger partial charge in [-0.05, 0) is 29.8 Å². The fourth-order valence-corrected chi connectivity index (χ4v) is 4.27. The van der Waals surface area contributed by atoms with Gasteiger partial charge < -0.3 is 9.72 Å². The molecular formula is C22H15F2N3O3S. The van der Waals surface area contributed by atoms with E-state index in [1.54, 1.807) is 18.2 Å². The number of sulfonamides is 1. The van der Waals surface area contributed by atoms with E-state index in [-0.39, 0.29) is 4.90 Å². The van der Waals surface area contributed by atoms with Crippen LogP contribution in [0.25, 0.3) is 15.7 Å². The van der Waals surface area contributed by atoms with Gasteiger partial charge in [-0.2, -0.15) is 0 Å². The molecule has 0 fully saturated rings. The van der Waals surface area contributed by atoms with E-state index >= 15 is 0 Å². The maximum absolute atomic E-state index is 14.1. The molecule has 0 atom stereocenters. The Bertz CT molecular complexity index is 1410. The zero-order valence-electron chi connectivity index (χ0n) is 15.9. The Morgan fingerprint density at radius 1 is 1.03 bits per heavy atom. The zero-order chi connectivity index (χ0) is 22.0. The largest absolute Gasteiger partial charge is 0.489 e. The Hall–Kier alpha value is -3.90. The Morgan fingerprint density at radius 2 is 1.81 bits per heavy atom. The van der Waals surface area contributed by atoms with E-state index in [0.29, 0.717) is 35.4 Å². The average Bonchev–Trinajstić information content (AvgIpc) is 3.19. The number of fused-ring (bicyclic) bond motifs is 1. The average molecular weight is 439 g/mol. The lowest BCUT2D eigenvalue weighted by molar-refractivity contribution is 0.306. The number of rotatable bonds is 6. The highest BCUT2D eigenvalue weighted by molar-refractivity contribution is 7.93. The third-order valence-corrected chi connectivity index (χ3v) is 5.96. The molecule has 156 valence electrons. The number of anilines is 1. The molecule has 0 unspecified atom stereocenters. The van der Waals surface area contributed by atoms with Crippen molar-refractivity contribution >= 4 is 32.3 Å². The Balaban J connectivity index is 1.59. The van der Waals surface area contributed by atoms with Crippen LogP contribution in [0, 0.1) is 18.2 Å². The highest BCUT2D eigenvalue weighted by atomic mass is 32.2. The molecule has 2 N–H and O–H groups in total. The van der Waals surface area contributed by atoms with E-state index in [2.05, 4.69) is 9.83 Å². The highest BCUT2D eigenvalue weighted by Crippen LogP contribution is 2.30. The molecule has 31 heavy (non-hydrogen) atoms.